The first-order valence-corrected chi connectivity index (χ1v) is 8.60. The van der Waals surface area contributed by atoms with Crippen molar-refractivity contribution < 1.29 is 14.3 Å². The molecule has 0 aromatic heterocycles. The third-order valence-electron chi connectivity index (χ3n) is 4.78. The number of hydrogen-bond acceptors (Lipinski definition) is 4. The van der Waals surface area contributed by atoms with E-state index in [1.807, 2.05) is 6.07 Å². The van der Waals surface area contributed by atoms with Crippen LogP contribution >= 0.6 is 0 Å². The second-order valence-corrected chi connectivity index (χ2v) is 6.37. The number of carbonyl (C=O) groups excluding carboxylic acids is 1. The van der Waals surface area contributed by atoms with Crippen LogP contribution in [0.25, 0.3) is 0 Å². The smallest absolute Gasteiger partial charge is 0.271 e. The number of benzene rings is 2. The van der Waals surface area contributed by atoms with Crippen molar-refractivity contribution in [1.82, 2.24) is 5.43 Å². The van der Waals surface area contributed by atoms with E-state index in [-0.39, 0.29) is 12.7 Å². The van der Waals surface area contributed by atoms with Crippen molar-refractivity contribution >= 4 is 11.6 Å². The molecule has 1 fully saturated rings. The molecule has 0 bridgehead atoms. The lowest BCUT2D eigenvalue weighted by Crippen LogP contribution is -2.22. The lowest BCUT2D eigenvalue weighted by molar-refractivity contribution is 0.0954. The summed E-state index contributed by atoms with van der Waals surface area (Å²) in [5.41, 5.74) is 5.64. The highest BCUT2D eigenvalue weighted by Gasteiger charge is 2.20. The normalized spacial score (nSPS) is 18.7. The van der Waals surface area contributed by atoms with Gasteiger partial charge >= 0.3 is 0 Å². The summed E-state index contributed by atoms with van der Waals surface area (Å²) in [6.45, 7) is 0.200. The lowest BCUT2D eigenvalue weighted by atomic mass is 9.83. The molecule has 2 aliphatic rings. The van der Waals surface area contributed by atoms with Crippen LogP contribution in [-0.2, 0) is 0 Å². The van der Waals surface area contributed by atoms with E-state index >= 15 is 0 Å². The fourth-order valence-electron chi connectivity index (χ4n) is 3.35. The van der Waals surface area contributed by atoms with Crippen molar-refractivity contribution in [2.24, 2.45) is 5.10 Å². The first-order chi connectivity index (χ1) is 12.3. The van der Waals surface area contributed by atoms with Crippen molar-refractivity contribution in [3.8, 4) is 11.5 Å². The molecular formula is C20H20N2O3. The first-order valence-electron chi connectivity index (χ1n) is 8.60. The van der Waals surface area contributed by atoms with Gasteiger partial charge in [-0.2, -0.15) is 5.10 Å². The highest BCUT2D eigenvalue weighted by Crippen LogP contribution is 2.33. The Morgan fingerprint density at radius 3 is 2.56 bits per heavy atom. The number of nitrogens with one attached hydrogen (secondary N) is 1. The molecule has 0 unspecified atom stereocenters. The summed E-state index contributed by atoms with van der Waals surface area (Å²) in [5.74, 6) is 1.63. The minimum Gasteiger partial charge on any atom is -0.454 e. The average Bonchev–Trinajstić information content (AvgIpc) is 3.15. The molecule has 1 N–H and O–H groups in total. The second kappa shape index (κ2) is 6.97. The Morgan fingerprint density at radius 1 is 1.00 bits per heavy atom. The molecule has 0 radical (unpaired) electrons. The van der Waals surface area contributed by atoms with Crippen LogP contribution in [0.1, 0.15) is 47.5 Å². The average molecular weight is 336 g/mol. The van der Waals surface area contributed by atoms with Crippen molar-refractivity contribution in [2.45, 2.75) is 31.6 Å². The molecule has 128 valence electrons. The number of fused-ring (bicyclic) bond motifs is 1. The maximum Gasteiger partial charge on any atom is 0.271 e. The Balaban J connectivity index is 1.34. The Bertz CT molecular complexity index is 792. The topological polar surface area (TPSA) is 59.9 Å². The van der Waals surface area contributed by atoms with Gasteiger partial charge in [0.25, 0.3) is 5.91 Å². The Morgan fingerprint density at radius 2 is 1.76 bits per heavy atom. The number of hydrazone groups is 1. The quantitative estimate of drug-likeness (QED) is 0.866. The van der Waals surface area contributed by atoms with E-state index in [1.165, 1.54) is 5.56 Å². The van der Waals surface area contributed by atoms with E-state index in [0.29, 0.717) is 23.0 Å². The Kier molecular flexibility index (Phi) is 4.37. The van der Waals surface area contributed by atoms with Crippen LogP contribution in [0.4, 0.5) is 0 Å². The van der Waals surface area contributed by atoms with E-state index in [4.69, 9.17) is 9.47 Å². The minimum absolute atomic E-state index is 0.200. The molecule has 1 amide bonds. The molecule has 2 aromatic rings. The molecule has 4 rings (SSSR count). The van der Waals surface area contributed by atoms with Crippen LogP contribution in [0.2, 0.25) is 0 Å². The van der Waals surface area contributed by atoms with Crippen LogP contribution in [0, 0.1) is 0 Å². The summed E-state index contributed by atoms with van der Waals surface area (Å²) in [6, 6.07) is 15.7. The summed E-state index contributed by atoms with van der Waals surface area (Å²) in [6.07, 6.45) is 3.98. The van der Waals surface area contributed by atoms with Crippen molar-refractivity contribution in [3.05, 3.63) is 59.7 Å². The van der Waals surface area contributed by atoms with Crippen LogP contribution in [0.5, 0.6) is 11.5 Å². The highest BCUT2D eigenvalue weighted by atomic mass is 16.7. The minimum atomic E-state index is -0.226. The number of carbonyl (C=O) groups is 1. The first kappa shape index (κ1) is 15.7. The van der Waals surface area contributed by atoms with Gasteiger partial charge in [-0.05, 0) is 55.4 Å². The van der Waals surface area contributed by atoms with Crippen LogP contribution in [0.15, 0.2) is 53.6 Å². The van der Waals surface area contributed by atoms with Gasteiger partial charge in [0.1, 0.15) is 0 Å². The third-order valence-corrected chi connectivity index (χ3v) is 4.78. The molecule has 1 aliphatic heterocycles. The summed E-state index contributed by atoms with van der Waals surface area (Å²) >= 11 is 0. The van der Waals surface area contributed by atoms with E-state index in [1.54, 1.807) is 18.2 Å². The standard InChI is InChI=1S/C20H20N2O3/c23-20(16-8-11-18-19(12-16)25-13-24-18)22-21-17-9-6-15(7-10-17)14-4-2-1-3-5-14/h1-5,8,11-12,15H,6-7,9-10,13H2,(H,22,23). The molecule has 1 heterocycles. The number of rotatable bonds is 3. The number of hydrogen-bond donors (Lipinski definition) is 1. The molecule has 2 aromatic carbocycles. The summed E-state index contributed by atoms with van der Waals surface area (Å²) in [7, 11) is 0. The molecule has 25 heavy (non-hydrogen) atoms. The number of ether oxygens (including phenoxy) is 2. The maximum atomic E-state index is 12.3. The SMILES string of the molecule is O=C(NN=C1CCC(c2ccccc2)CC1)c1ccc2c(c1)OCO2. The lowest BCUT2D eigenvalue weighted by Gasteiger charge is -2.23. The summed E-state index contributed by atoms with van der Waals surface area (Å²) in [4.78, 5) is 12.3. The fraction of sp³-hybridized carbons (Fsp3) is 0.300. The van der Waals surface area contributed by atoms with E-state index < -0.39 is 0 Å². The fourth-order valence-corrected chi connectivity index (χ4v) is 3.35. The van der Waals surface area contributed by atoms with Gasteiger partial charge in [0.15, 0.2) is 11.5 Å². The monoisotopic (exact) mass is 336 g/mol. The van der Waals surface area contributed by atoms with E-state index in [2.05, 4.69) is 34.8 Å². The zero-order chi connectivity index (χ0) is 17.1. The third kappa shape index (κ3) is 3.50. The Labute approximate surface area is 146 Å². The van der Waals surface area contributed by atoms with Crippen molar-refractivity contribution in [2.75, 3.05) is 6.79 Å². The second-order valence-electron chi connectivity index (χ2n) is 6.37. The van der Waals surface area contributed by atoms with Crippen molar-refractivity contribution in [3.63, 3.8) is 0 Å². The van der Waals surface area contributed by atoms with Crippen LogP contribution < -0.4 is 14.9 Å². The van der Waals surface area contributed by atoms with E-state index in [0.717, 1.165) is 31.4 Å². The molecule has 0 saturated heterocycles. The van der Waals surface area contributed by atoms with Gasteiger partial charge < -0.3 is 9.47 Å². The zero-order valence-electron chi connectivity index (χ0n) is 13.9. The molecule has 0 spiro atoms. The molecule has 1 aliphatic carbocycles. The molecular weight excluding hydrogens is 316 g/mol. The summed E-state index contributed by atoms with van der Waals surface area (Å²) < 4.78 is 10.6. The van der Waals surface area contributed by atoms with Gasteiger partial charge in [0.05, 0.1) is 0 Å². The van der Waals surface area contributed by atoms with Gasteiger partial charge in [-0.1, -0.05) is 30.3 Å². The Hall–Kier alpha value is -2.82. The zero-order valence-corrected chi connectivity index (χ0v) is 13.9. The predicted octanol–water partition coefficient (Wildman–Crippen LogP) is 3.86. The summed E-state index contributed by atoms with van der Waals surface area (Å²) in [5, 5.41) is 4.33. The van der Waals surface area contributed by atoms with E-state index in [9.17, 15) is 4.79 Å². The molecule has 5 nitrogen and oxygen atoms in total. The maximum absolute atomic E-state index is 12.3. The van der Waals surface area contributed by atoms with Gasteiger partial charge in [0, 0.05) is 11.3 Å². The van der Waals surface area contributed by atoms with Crippen LogP contribution in [-0.4, -0.2) is 18.4 Å². The largest absolute Gasteiger partial charge is 0.454 e. The molecule has 0 atom stereocenters. The number of amides is 1. The highest BCUT2D eigenvalue weighted by molar-refractivity contribution is 5.96. The molecule has 5 heteroatoms. The van der Waals surface area contributed by atoms with Gasteiger partial charge in [0.2, 0.25) is 6.79 Å². The molecule has 1 saturated carbocycles. The van der Waals surface area contributed by atoms with Gasteiger partial charge in [-0.3, -0.25) is 4.79 Å². The predicted molar refractivity (Wildman–Crippen MR) is 95.1 cm³/mol. The van der Waals surface area contributed by atoms with Gasteiger partial charge in [-0.15, -0.1) is 0 Å². The van der Waals surface area contributed by atoms with Gasteiger partial charge in [-0.25, -0.2) is 5.43 Å². The van der Waals surface area contributed by atoms with Crippen LogP contribution in [0.3, 0.4) is 0 Å². The number of nitrogens with zero attached hydrogens (tertiary/aromatic N) is 1. The van der Waals surface area contributed by atoms with Crippen molar-refractivity contribution in [1.29, 1.82) is 0 Å².